The first-order valence-corrected chi connectivity index (χ1v) is 8.26. The number of furan rings is 1. The largest absolute Gasteiger partial charge is 0.465 e. The van der Waals surface area contributed by atoms with Crippen LogP contribution in [0.2, 0.25) is 0 Å². The Morgan fingerprint density at radius 3 is 2.75 bits per heavy atom. The molecule has 0 spiro atoms. The molecular formula is C19H17N3O6. The molecule has 1 aromatic carbocycles. The van der Waals surface area contributed by atoms with Crippen LogP contribution >= 0.6 is 0 Å². The van der Waals surface area contributed by atoms with Gasteiger partial charge in [0.15, 0.2) is 6.61 Å². The standard InChI is InChI=1S/C19H17N3O6/c1-26-18(24)13-4-2-5-14(10-13)21-17(23)12-27-19(25)16-7-6-15(28-16)11-22-9-3-8-20-22/h2-10H,11-12H2,1H3,(H,21,23). The highest BCUT2D eigenvalue weighted by Crippen LogP contribution is 2.13. The number of hydrogen-bond donors (Lipinski definition) is 1. The van der Waals surface area contributed by atoms with Gasteiger partial charge in [0.25, 0.3) is 5.91 Å². The van der Waals surface area contributed by atoms with Gasteiger partial charge in [-0.05, 0) is 36.4 Å². The smallest absolute Gasteiger partial charge is 0.374 e. The minimum absolute atomic E-state index is 0.0114. The molecule has 9 heteroatoms. The molecule has 9 nitrogen and oxygen atoms in total. The Kier molecular flexibility index (Phi) is 5.85. The SMILES string of the molecule is COC(=O)c1cccc(NC(=O)COC(=O)c2ccc(Cn3cccn3)o2)c1. The lowest BCUT2D eigenvalue weighted by Crippen LogP contribution is -2.21. The first-order valence-electron chi connectivity index (χ1n) is 8.26. The number of benzene rings is 1. The Labute approximate surface area is 159 Å². The van der Waals surface area contributed by atoms with Gasteiger partial charge in [-0.15, -0.1) is 0 Å². The van der Waals surface area contributed by atoms with Crippen molar-refractivity contribution in [3.05, 3.63) is 71.9 Å². The zero-order chi connectivity index (χ0) is 19.9. The Balaban J connectivity index is 1.51. The lowest BCUT2D eigenvalue weighted by atomic mass is 10.2. The molecule has 2 heterocycles. The number of methoxy groups -OCH3 is 1. The maximum absolute atomic E-state index is 12.0. The molecule has 3 aromatic rings. The van der Waals surface area contributed by atoms with Crippen LogP contribution in [0.25, 0.3) is 0 Å². The number of nitrogens with zero attached hydrogens (tertiary/aromatic N) is 2. The number of hydrogen-bond acceptors (Lipinski definition) is 7. The van der Waals surface area contributed by atoms with E-state index in [4.69, 9.17) is 9.15 Å². The number of ether oxygens (including phenoxy) is 2. The number of carbonyl (C=O) groups excluding carboxylic acids is 3. The van der Waals surface area contributed by atoms with E-state index in [-0.39, 0.29) is 11.3 Å². The third-order valence-electron chi connectivity index (χ3n) is 3.64. The second-order valence-corrected chi connectivity index (χ2v) is 5.67. The average molecular weight is 383 g/mol. The van der Waals surface area contributed by atoms with Gasteiger partial charge in [-0.1, -0.05) is 6.07 Å². The van der Waals surface area contributed by atoms with Gasteiger partial charge in [0.05, 0.1) is 19.2 Å². The topological polar surface area (TPSA) is 113 Å². The fraction of sp³-hybridized carbons (Fsp3) is 0.158. The summed E-state index contributed by atoms with van der Waals surface area (Å²) in [5, 5.41) is 6.58. The summed E-state index contributed by atoms with van der Waals surface area (Å²) in [5.74, 6) is -1.32. The summed E-state index contributed by atoms with van der Waals surface area (Å²) in [5.41, 5.74) is 0.668. The molecule has 1 N–H and O–H groups in total. The van der Waals surface area contributed by atoms with E-state index in [1.54, 1.807) is 47.4 Å². The molecule has 2 aromatic heterocycles. The Morgan fingerprint density at radius 1 is 1.14 bits per heavy atom. The van der Waals surface area contributed by atoms with E-state index in [9.17, 15) is 14.4 Å². The summed E-state index contributed by atoms with van der Waals surface area (Å²) in [6.07, 6.45) is 3.40. The maximum atomic E-state index is 12.0. The Morgan fingerprint density at radius 2 is 2.00 bits per heavy atom. The summed E-state index contributed by atoms with van der Waals surface area (Å²) >= 11 is 0. The van der Waals surface area contributed by atoms with E-state index in [0.29, 0.717) is 18.0 Å². The summed E-state index contributed by atoms with van der Waals surface area (Å²) < 4.78 is 16.6. The van der Waals surface area contributed by atoms with Crippen LogP contribution in [0.5, 0.6) is 0 Å². The van der Waals surface area contributed by atoms with Crippen molar-refractivity contribution in [2.75, 3.05) is 19.0 Å². The van der Waals surface area contributed by atoms with Crippen molar-refractivity contribution in [2.24, 2.45) is 0 Å². The molecule has 0 fully saturated rings. The molecule has 0 radical (unpaired) electrons. The zero-order valence-corrected chi connectivity index (χ0v) is 15.0. The quantitative estimate of drug-likeness (QED) is 0.622. The molecule has 0 unspecified atom stereocenters. The number of aromatic nitrogens is 2. The van der Waals surface area contributed by atoms with Gasteiger partial charge in [-0.25, -0.2) is 9.59 Å². The maximum Gasteiger partial charge on any atom is 0.374 e. The van der Waals surface area contributed by atoms with E-state index in [1.807, 2.05) is 0 Å². The van der Waals surface area contributed by atoms with Crippen molar-refractivity contribution < 1.29 is 28.3 Å². The molecule has 0 aliphatic rings. The van der Waals surface area contributed by atoms with Crippen LogP contribution in [-0.2, 0) is 20.8 Å². The van der Waals surface area contributed by atoms with Gasteiger partial charge in [-0.2, -0.15) is 5.10 Å². The number of rotatable bonds is 7. The van der Waals surface area contributed by atoms with Crippen LogP contribution in [0.4, 0.5) is 5.69 Å². The van der Waals surface area contributed by atoms with Crippen LogP contribution in [0, 0.1) is 0 Å². The second kappa shape index (κ2) is 8.67. The van der Waals surface area contributed by atoms with Gasteiger partial charge in [0.1, 0.15) is 5.76 Å². The van der Waals surface area contributed by atoms with Crippen LogP contribution < -0.4 is 5.32 Å². The van der Waals surface area contributed by atoms with Gasteiger partial charge >= 0.3 is 11.9 Å². The molecule has 144 valence electrons. The van der Waals surface area contributed by atoms with E-state index in [1.165, 1.54) is 19.2 Å². The summed E-state index contributed by atoms with van der Waals surface area (Å²) in [6, 6.07) is 11.1. The molecule has 0 saturated carbocycles. The van der Waals surface area contributed by atoms with Crippen molar-refractivity contribution in [1.29, 1.82) is 0 Å². The molecule has 0 atom stereocenters. The number of carbonyl (C=O) groups is 3. The average Bonchev–Trinajstić information content (AvgIpc) is 3.38. The molecule has 0 aliphatic heterocycles. The monoisotopic (exact) mass is 383 g/mol. The zero-order valence-electron chi connectivity index (χ0n) is 15.0. The third-order valence-corrected chi connectivity index (χ3v) is 3.64. The summed E-state index contributed by atoms with van der Waals surface area (Å²) in [7, 11) is 1.27. The van der Waals surface area contributed by atoms with E-state index < -0.39 is 24.5 Å². The van der Waals surface area contributed by atoms with Crippen molar-refractivity contribution in [3.63, 3.8) is 0 Å². The van der Waals surface area contributed by atoms with E-state index in [0.717, 1.165) is 0 Å². The lowest BCUT2D eigenvalue weighted by molar-refractivity contribution is -0.119. The Hall–Kier alpha value is -3.88. The lowest BCUT2D eigenvalue weighted by Gasteiger charge is -2.07. The van der Waals surface area contributed by atoms with Crippen molar-refractivity contribution in [2.45, 2.75) is 6.54 Å². The normalized spacial score (nSPS) is 10.3. The predicted molar refractivity (Wildman–Crippen MR) is 96.7 cm³/mol. The summed E-state index contributed by atoms with van der Waals surface area (Å²) in [4.78, 5) is 35.5. The number of anilines is 1. The highest BCUT2D eigenvalue weighted by atomic mass is 16.5. The molecule has 1 amide bonds. The van der Waals surface area contributed by atoms with E-state index in [2.05, 4.69) is 15.2 Å². The van der Waals surface area contributed by atoms with Gasteiger partial charge in [-0.3, -0.25) is 9.48 Å². The first kappa shape index (κ1) is 18.9. The van der Waals surface area contributed by atoms with Gasteiger partial charge in [0, 0.05) is 18.1 Å². The second-order valence-electron chi connectivity index (χ2n) is 5.67. The van der Waals surface area contributed by atoms with Crippen LogP contribution in [0.1, 0.15) is 26.7 Å². The van der Waals surface area contributed by atoms with Crippen molar-refractivity contribution >= 4 is 23.5 Å². The minimum atomic E-state index is -0.759. The highest BCUT2D eigenvalue weighted by molar-refractivity contribution is 5.96. The fourth-order valence-corrected chi connectivity index (χ4v) is 2.37. The minimum Gasteiger partial charge on any atom is -0.465 e. The highest BCUT2D eigenvalue weighted by Gasteiger charge is 2.15. The molecule has 0 aliphatic carbocycles. The van der Waals surface area contributed by atoms with Gasteiger partial charge < -0.3 is 19.2 Å². The van der Waals surface area contributed by atoms with Crippen molar-refractivity contribution in [1.82, 2.24) is 9.78 Å². The first-order chi connectivity index (χ1) is 13.5. The van der Waals surface area contributed by atoms with Crippen LogP contribution in [-0.4, -0.2) is 41.3 Å². The van der Waals surface area contributed by atoms with Crippen LogP contribution in [0.15, 0.2) is 59.3 Å². The van der Waals surface area contributed by atoms with Crippen molar-refractivity contribution in [3.8, 4) is 0 Å². The number of esters is 2. The summed E-state index contributed by atoms with van der Waals surface area (Å²) in [6.45, 7) is -0.131. The predicted octanol–water partition coefficient (Wildman–Crippen LogP) is 2.11. The number of amides is 1. The Bertz CT molecular complexity index is 977. The fourth-order valence-electron chi connectivity index (χ4n) is 2.37. The molecule has 0 bridgehead atoms. The molecule has 3 rings (SSSR count). The number of nitrogens with one attached hydrogen (secondary N) is 1. The van der Waals surface area contributed by atoms with Crippen LogP contribution in [0.3, 0.4) is 0 Å². The van der Waals surface area contributed by atoms with Gasteiger partial charge in [0.2, 0.25) is 5.76 Å². The molecule has 28 heavy (non-hydrogen) atoms. The molecule has 0 saturated heterocycles. The molecular weight excluding hydrogens is 366 g/mol. The third kappa shape index (κ3) is 4.85. The van der Waals surface area contributed by atoms with E-state index >= 15 is 0 Å².